The van der Waals surface area contributed by atoms with Crippen molar-refractivity contribution in [2.45, 2.75) is 43.6 Å². The van der Waals surface area contributed by atoms with Crippen LogP contribution in [0.5, 0.6) is 0 Å². The average molecular weight is 301 g/mol. The number of hydrogen-bond acceptors (Lipinski definition) is 6. The Bertz CT molecular complexity index is 397. The summed E-state index contributed by atoms with van der Waals surface area (Å²) < 4.78 is 5.46. The molecular weight excluding hydrogens is 278 g/mol. The van der Waals surface area contributed by atoms with Crippen LogP contribution < -0.4 is 5.73 Å². The van der Waals surface area contributed by atoms with Gasteiger partial charge < -0.3 is 10.3 Å². The first-order chi connectivity index (χ1) is 9.17. The standard InChI is InChI=1S/C13H23N3OS2/c1-4-10-11(19-6-5-18-10)12-15-13(17-16-12)9(7-14)8(2)3/h8-11H,4-7,14H2,1-3H3. The number of aromatic nitrogens is 2. The fraction of sp³-hybridized carbons (Fsp3) is 0.846. The lowest BCUT2D eigenvalue weighted by Crippen LogP contribution is -2.20. The third-order valence-electron chi connectivity index (χ3n) is 3.54. The first-order valence-electron chi connectivity index (χ1n) is 6.94. The van der Waals surface area contributed by atoms with Crippen molar-refractivity contribution < 1.29 is 4.52 Å². The molecule has 1 fully saturated rings. The summed E-state index contributed by atoms with van der Waals surface area (Å²) in [6.07, 6.45) is 1.15. The van der Waals surface area contributed by atoms with Crippen molar-refractivity contribution in [3.8, 4) is 0 Å². The smallest absolute Gasteiger partial charge is 0.231 e. The highest BCUT2D eigenvalue weighted by molar-refractivity contribution is 8.06. The molecule has 0 spiro atoms. The van der Waals surface area contributed by atoms with Crippen molar-refractivity contribution in [2.75, 3.05) is 18.1 Å². The minimum Gasteiger partial charge on any atom is -0.339 e. The van der Waals surface area contributed by atoms with E-state index in [1.807, 2.05) is 23.5 Å². The van der Waals surface area contributed by atoms with Crippen molar-refractivity contribution >= 4 is 23.5 Å². The van der Waals surface area contributed by atoms with Crippen molar-refractivity contribution in [1.82, 2.24) is 10.1 Å². The molecular formula is C13H23N3OS2. The lowest BCUT2D eigenvalue weighted by molar-refractivity contribution is 0.321. The largest absolute Gasteiger partial charge is 0.339 e. The third kappa shape index (κ3) is 3.47. The number of thioether (sulfide) groups is 2. The zero-order chi connectivity index (χ0) is 13.8. The Hall–Kier alpha value is -0.200. The lowest BCUT2D eigenvalue weighted by atomic mass is 9.96. The number of nitrogens with two attached hydrogens (primary N) is 1. The third-order valence-corrected chi connectivity index (χ3v) is 6.78. The first kappa shape index (κ1) is 15.2. The second-order valence-electron chi connectivity index (χ2n) is 5.19. The molecule has 4 nitrogen and oxygen atoms in total. The molecule has 1 aromatic heterocycles. The van der Waals surface area contributed by atoms with Gasteiger partial charge in [-0.3, -0.25) is 0 Å². The highest BCUT2D eigenvalue weighted by Gasteiger charge is 2.31. The van der Waals surface area contributed by atoms with E-state index in [2.05, 4.69) is 30.9 Å². The Balaban J connectivity index is 2.15. The van der Waals surface area contributed by atoms with Crippen LogP contribution in [0.3, 0.4) is 0 Å². The van der Waals surface area contributed by atoms with Gasteiger partial charge in [-0.25, -0.2) is 0 Å². The van der Waals surface area contributed by atoms with Crippen molar-refractivity contribution in [3.05, 3.63) is 11.7 Å². The molecule has 0 radical (unpaired) electrons. The van der Waals surface area contributed by atoms with Gasteiger partial charge in [-0.05, 0) is 12.3 Å². The Kier molecular flexibility index (Phi) is 5.59. The van der Waals surface area contributed by atoms with E-state index in [4.69, 9.17) is 10.3 Å². The summed E-state index contributed by atoms with van der Waals surface area (Å²) in [5.74, 6) is 4.55. The molecule has 19 heavy (non-hydrogen) atoms. The predicted octanol–water partition coefficient (Wildman–Crippen LogP) is 3.07. The van der Waals surface area contributed by atoms with E-state index < -0.39 is 0 Å². The van der Waals surface area contributed by atoms with Gasteiger partial charge in [0.05, 0.1) is 11.2 Å². The molecule has 1 aromatic rings. The van der Waals surface area contributed by atoms with Gasteiger partial charge in [0.25, 0.3) is 0 Å². The van der Waals surface area contributed by atoms with Gasteiger partial charge in [0, 0.05) is 23.3 Å². The highest BCUT2D eigenvalue weighted by atomic mass is 32.2. The number of hydrogen-bond donors (Lipinski definition) is 1. The van der Waals surface area contributed by atoms with Crippen LogP contribution >= 0.6 is 23.5 Å². The molecule has 1 aliphatic heterocycles. The van der Waals surface area contributed by atoms with E-state index in [0.717, 1.165) is 12.2 Å². The summed E-state index contributed by atoms with van der Waals surface area (Å²) in [4.78, 5) is 4.63. The minimum absolute atomic E-state index is 0.169. The van der Waals surface area contributed by atoms with Gasteiger partial charge >= 0.3 is 0 Å². The summed E-state index contributed by atoms with van der Waals surface area (Å²) >= 11 is 3.98. The molecule has 0 aliphatic carbocycles. The van der Waals surface area contributed by atoms with Crippen LogP contribution in [0.2, 0.25) is 0 Å². The fourth-order valence-corrected chi connectivity index (χ4v) is 5.30. The van der Waals surface area contributed by atoms with Crippen molar-refractivity contribution in [3.63, 3.8) is 0 Å². The normalized spacial score (nSPS) is 25.7. The molecule has 6 heteroatoms. The summed E-state index contributed by atoms with van der Waals surface area (Å²) in [7, 11) is 0. The molecule has 3 unspecified atom stereocenters. The van der Waals surface area contributed by atoms with Gasteiger partial charge in [-0.1, -0.05) is 25.9 Å². The molecule has 0 aromatic carbocycles. The van der Waals surface area contributed by atoms with Crippen LogP contribution in [0, 0.1) is 5.92 Å². The zero-order valence-electron chi connectivity index (χ0n) is 11.8. The van der Waals surface area contributed by atoms with Gasteiger partial charge in [0.2, 0.25) is 5.89 Å². The quantitative estimate of drug-likeness (QED) is 0.901. The second kappa shape index (κ2) is 6.99. The van der Waals surface area contributed by atoms with Gasteiger partial charge in [-0.2, -0.15) is 16.7 Å². The number of rotatable bonds is 5. The Morgan fingerprint density at radius 1 is 1.37 bits per heavy atom. The molecule has 0 bridgehead atoms. The van der Waals surface area contributed by atoms with Crippen LogP contribution in [0.1, 0.15) is 50.1 Å². The molecule has 2 rings (SSSR count). The Morgan fingerprint density at radius 3 is 2.74 bits per heavy atom. The van der Waals surface area contributed by atoms with Gasteiger partial charge in [-0.15, -0.1) is 11.8 Å². The van der Waals surface area contributed by atoms with E-state index >= 15 is 0 Å². The van der Waals surface area contributed by atoms with Gasteiger partial charge in [0.15, 0.2) is 5.82 Å². The van der Waals surface area contributed by atoms with E-state index in [1.54, 1.807) is 0 Å². The molecule has 3 atom stereocenters. The zero-order valence-corrected chi connectivity index (χ0v) is 13.5. The van der Waals surface area contributed by atoms with E-state index in [1.165, 1.54) is 11.5 Å². The van der Waals surface area contributed by atoms with Crippen LogP contribution in [0.25, 0.3) is 0 Å². The molecule has 1 saturated heterocycles. The summed E-state index contributed by atoms with van der Waals surface area (Å²) in [5, 5.41) is 5.18. The SMILES string of the molecule is CCC1SCCSC1c1noc(C(CN)C(C)C)n1. The van der Waals surface area contributed by atoms with Crippen molar-refractivity contribution in [2.24, 2.45) is 11.7 Å². The molecule has 0 saturated carbocycles. The number of nitrogens with zero attached hydrogens (tertiary/aromatic N) is 2. The second-order valence-corrected chi connectivity index (χ2v) is 7.78. The lowest BCUT2D eigenvalue weighted by Gasteiger charge is -2.27. The summed E-state index contributed by atoms with van der Waals surface area (Å²) in [6, 6.07) is 0. The maximum atomic E-state index is 5.81. The Morgan fingerprint density at radius 2 is 2.11 bits per heavy atom. The average Bonchev–Trinajstić information content (AvgIpc) is 2.88. The summed E-state index contributed by atoms with van der Waals surface area (Å²) in [5.41, 5.74) is 5.81. The fourth-order valence-electron chi connectivity index (χ4n) is 2.31. The van der Waals surface area contributed by atoms with E-state index in [0.29, 0.717) is 28.9 Å². The monoisotopic (exact) mass is 301 g/mol. The van der Waals surface area contributed by atoms with Gasteiger partial charge in [0.1, 0.15) is 0 Å². The predicted molar refractivity (Wildman–Crippen MR) is 82.7 cm³/mol. The molecule has 1 aliphatic rings. The molecule has 0 amide bonds. The van der Waals surface area contributed by atoms with E-state index in [-0.39, 0.29) is 5.92 Å². The van der Waals surface area contributed by atoms with Crippen LogP contribution in [-0.2, 0) is 0 Å². The molecule has 2 N–H and O–H groups in total. The van der Waals surface area contributed by atoms with Crippen LogP contribution in [-0.4, -0.2) is 33.4 Å². The minimum atomic E-state index is 0.169. The summed E-state index contributed by atoms with van der Waals surface area (Å²) in [6.45, 7) is 7.07. The highest BCUT2D eigenvalue weighted by Crippen LogP contribution is 2.43. The van der Waals surface area contributed by atoms with Crippen LogP contribution in [0.4, 0.5) is 0 Å². The molecule has 2 heterocycles. The maximum Gasteiger partial charge on any atom is 0.231 e. The molecule has 108 valence electrons. The topological polar surface area (TPSA) is 64.9 Å². The van der Waals surface area contributed by atoms with Crippen LogP contribution in [0.15, 0.2) is 4.52 Å². The van der Waals surface area contributed by atoms with Crippen molar-refractivity contribution in [1.29, 1.82) is 0 Å². The van der Waals surface area contributed by atoms with E-state index in [9.17, 15) is 0 Å². The Labute approximate surface area is 123 Å². The maximum absolute atomic E-state index is 5.81. The first-order valence-corrected chi connectivity index (χ1v) is 9.03.